The van der Waals surface area contributed by atoms with Gasteiger partial charge in [-0.2, -0.15) is 0 Å². The smallest absolute Gasteiger partial charge is 0.251 e. The Balaban J connectivity index is 1.06. The van der Waals surface area contributed by atoms with E-state index in [1.807, 2.05) is 17.0 Å². The van der Waals surface area contributed by atoms with E-state index in [4.69, 9.17) is 0 Å². The maximum atomic E-state index is 13.6. The van der Waals surface area contributed by atoms with Crippen LogP contribution >= 0.6 is 0 Å². The molecule has 1 saturated carbocycles. The molecule has 6 rings (SSSR count). The molecule has 2 aliphatic heterocycles. The molecule has 2 unspecified atom stereocenters. The Labute approximate surface area is 229 Å². The summed E-state index contributed by atoms with van der Waals surface area (Å²) in [6, 6.07) is 16.7. The molecule has 1 aliphatic carbocycles. The SMILES string of the molecule is Cc1ccc([C@@H]2C[C@H]2NCCC[C@H](NC(=O)c2ccc(-n3ccnn3)cc2)C(=O)N2CC3CCC(C2)N3)cc1. The number of likely N-dealkylation sites (tertiary alicyclic amines) is 1. The minimum Gasteiger partial charge on any atom is -0.340 e. The zero-order valence-corrected chi connectivity index (χ0v) is 22.4. The van der Waals surface area contributed by atoms with Gasteiger partial charge in [0, 0.05) is 42.7 Å². The molecule has 2 aromatic carbocycles. The first kappa shape index (κ1) is 25.7. The van der Waals surface area contributed by atoms with Crippen LogP contribution in [0.25, 0.3) is 5.69 Å². The zero-order valence-electron chi connectivity index (χ0n) is 22.4. The Morgan fingerprint density at radius 2 is 1.79 bits per heavy atom. The average Bonchev–Trinajstić information content (AvgIpc) is 3.34. The number of benzene rings is 2. The lowest BCUT2D eigenvalue weighted by Crippen LogP contribution is -2.57. The first-order chi connectivity index (χ1) is 19.0. The van der Waals surface area contributed by atoms with Crippen LogP contribution in [-0.4, -0.2) is 75.5 Å². The maximum absolute atomic E-state index is 13.6. The molecule has 3 aliphatic rings. The summed E-state index contributed by atoms with van der Waals surface area (Å²) in [6.07, 6.45) is 8.15. The molecular formula is C30H37N7O2. The van der Waals surface area contributed by atoms with Crippen LogP contribution in [0.3, 0.4) is 0 Å². The molecule has 3 N–H and O–H groups in total. The van der Waals surface area contributed by atoms with Crippen LogP contribution in [0, 0.1) is 6.92 Å². The Morgan fingerprint density at radius 1 is 1.05 bits per heavy atom. The number of piperazine rings is 1. The van der Waals surface area contributed by atoms with Crippen molar-refractivity contribution in [3.63, 3.8) is 0 Å². The summed E-state index contributed by atoms with van der Waals surface area (Å²) in [5.74, 6) is 0.371. The largest absolute Gasteiger partial charge is 0.340 e. The third-order valence-electron chi connectivity index (χ3n) is 8.32. The van der Waals surface area contributed by atoms with Gasteiger partial charge in [0.15, 0.2) is 0 Å². The van der Waals surface area contributed by atoms with Gasteiger partial charge < -0.3 is 20.9 Å². The molecule has 2 amide bonds. The van der Waals surface area contributed by atoms with Gasteiger partial charge in [-0.1, -0.05) is 35.0 Å². The van der Waals surface area contributed by atoms with Gasteiger partial charge in [0.05, 0.1) is 18.1 Å². The molecule has 0 radical (unpaired) electrons. The van der Waals surface area contributed by atoms with Crippen molar-refractivity contribution < 1.29 is 9.59 Å². The summed E-state index contributed by atoms with van der Waals surface area (Å²) < 4.78 is 1.64. The highest BCUT2D eigenvalue weighted by molar-refractivity contribution is 5.97. The minimum atomic E-state index is -0.543. The highest BCUT2D eigenvalue weighted by Gasteiger charge is 2.38. The van der Waals surface area contributed by atoms with Crippen LogP contribution < -0.4 is 16.0 Å². The number of aromatic nitrogens is 3. The van der Waals surface area contributed by atoms with Gasteiger partial charge in [-0.05, 0) is 75.4 Å². The van der Waals surface area contributed by atoms with Gasteiger partial charge in [-0.3, -0.25) is 9.59 Å². The van der Waals surface area contributed by atoms with Gasteiger partial charge in [-0.25, -0.2) is 4.68 Å². The Morgan fingerprint density at radius 3 is 2.49 bits per heavy atom. The normalized spacial score (nSPS) is 24.4. The van der Waals surface area contributed by atoms with E-state index in [0.29, 0.717) is 49.1 Å². The average molecular weight is 528 g/mol. The van der Waals surface area contributed by atoms with E-state index in [2.05, 4.69) is 57.5 Å². The van der Waals surface area contributed by atoms with Crippen molar-refractivity contribution >= 4 is 11.8 Å². The summed E-state index contributed by atoms with van der Waals surface area (Å²) in [5, 5.41) is 18.1. The van der Waals surface area contributed by atoms with Crippen molar-refractivity contribution in [2.75, 3.05) is 19.6 Å². The molecule has 204 valence electrons. The van der Waals surface area contributed by atoms with Crippen molar-refractivity contribution in [2.45, 2.75) is 69.1 Å². The monoisotopic (exact) mass is 527 g/mol. The quantitative estimate of drug-likeness (QED) is 0.350. The molecule has 1 aromatic heterocycles. The Kier molecular flexibility index (Phi) is 7.43. The maximum Gasteiger partial charge on any atom is 0.251 e. The zero-order chi connectivity index (χ0) is 26.8. The summed E-state index contributed by atoms with van der Waals surface area (Å²) >= 11 is 0. The number of carbonyl (C=O) groups is 2. The van der Waals surface area contributed by atoms with Gasteiger partial charge in [-0.15, -0.1) is 5.10 Å². The van der Waals surface area contributed by atoms with E-state index < -0.39 is 6.04 Å². The predicted molar refractivity (Wildman–Crippen MR) is 149 cm³/mol. The number of aryl methyl sites for hydroxylation is 1. The van der Waals surface area contributed by atoms with Crippen LogP contribution in [0.2, 0.25) is 0 Å². The Hall–Kier alpha value is -3.56. The van der Waals surface area contributed by atoms with Crippen molar-refractivity contribution in [3.05, 3.63) is 77.6 Å². The minimum absolute atomic E-state index is 0.0324. The molecule has 2 bridgehead atoms. The third-order valence-corrected chi connectivity index (χ3v) is 8.32. The lowest BCUT2D eigenvalue weighted by Gasteiger charge is -2.35. The molecule has 2 saturated heterocycles. The van der Waals surface area contributed by atoms with Crippen molar-refractivity contribution in [3.8, 4) is 5.69 Å². The second-order valence-corrected chi connectivity index (χ2v) is 11.3. The molecule has 3 aromatic rings. The van der Waals surface area contributed by atoms with Crippen LogP contribution in [0.15, 0.2) is 60.9 Å². The first-order valence-corrected chi connectivity index (χ1v) is 14.2. The van der Waals surface area contributed by atoms with Gasteiger partial charge in [0.25, 0.3) is 5.91 Å². The van der Waals surface area contributed by atoms with Crippen molar-refractivity contribution in [2.24, 2.45) is 0 Å². The van der Waals surface area contributed by atoms with Crippen LogP contribution in [0.4, 0.5) is 0 Å². The molecule has 9 heteroatoms. The number of amides is 2. The number of nitrogens with zero attached hydrogens (tertiary/aromatic N) is 4. The van der Waals surface area contributed by atoms with Gasteiger partial charge in [0.2, 0.25) is 5.91 Å². The topological polar surface area (TPSA) is 104 Å². The number of hydrogen-bond donors (Lipinski definition) is 3. The van der Waals surface area contributed by atoms with Gasteiger partial charge >= 0.3 is 0 Å². The van der Waals surface area contributed by atoms with Crippen LogP contribution in [-0.2, 0) is 4.79 Å². The van der Waals surface area contributed by atoms with E-state index in [0.717, 1.165) is 37.9 Å². The fourth-order valence-corrected chi connectivity index (χ4v) is 6.00. The summed E-state index contributed by atoms with van der Waals surface area (Å²) in [4.78, 5) is 28.8. The van der Waals surface area contributed by atoms with E-state index in [1.54, 1.807) is 29.2 Å². The number of carbonyl (C=O) groups excluding carboxylic acids is 2. The summed E-state index contributed by atoms with van der Waals surface area (Å²) in [6.45, 7) is 4.37. The predicted octanol–water partition coefficient (Wildman–Crippen LogP) is 2.56. The number of hydrogen-bond acceptors (Lipinski definition) is 6. The third kappa shape index (κ3) is 6.04. The molecule has 5 atom stereocenters. The number of fused-ring (bicyclic) bond motifs is 2. The summed E-state index contributed by atoms with van der Waals surface area (Å²) in [7, 11) is 0. The van der Waals surface area contributed by atoms with Crippen LogP contribution in [0.1, 0.15) is 59.5 Å². The van der Waals surface area contributed by atoms with Crippen molar-refractivity contribution in [1.29, 1.82) is 0 Å². The number of rotatable bonds is 10. The van der Waals surface area contributed by atoms with Crippen molar-refractivity contribution in [1.82, 2.24) is 35.8 Å². The van der Waals surface area contributed by atoms with E-state index in [-0.39, 0.29) is 11.8 Å². The fourth-order valence-electron chi connectivity index (χ4n) is 6.00. The molecule has 0 spiro atoms. The lowest BCUT2D eigenvalue weighted by atomic mass is 10.1. The van der Waals surface area contributed by atoms with Gasteiger partial charge in [0.1, 0.15) is 6.04 Å². The van der Waals surface area contributed by atoms with Crippen LogP contribution in [0.5, 0.6) is 0 Å². The second kappa shape index (κ2) is 11.3. The van der Waals surface area contributed by atoms with E-state index >= 15 is 0 Å². The standard InChI is InChI=1S/C30H37N7O2/c1-20-4-6-21(7-5-20)26-17-28(26)31-14-2-3-27(30(39)36-18-23-10-11-24(19-36)33-23)34-29(38)22-8-12-25(13-9-22)37-16-15-32-35-37/h4-9,12-13,15-16,23-24,26-28,31,33H,2-3,10-11,14,17-19H2,1H3,(H,34,38)/t23?,24?,26-,27-,28+/m0/s1. The Bertz CT molecular complexity index is 1260. The number of nitrogens with one attached hydrogen (secondary N) is 3. The molecular weight excluding hydrogens is 490 g/mol. The summed E-state index contributed by atoms with van der Waals surface area (Å²) in [5.41, 5.74) is 4.02. The molecule has 3 fully saturated rings. The molecule has 9 nitrogen and oxygen atoms in total. The van der Waals surface area contributed by atoms with E-state index in [1.165, 1.54) is 11.1 Å². The molecule has 39 heavy (non-hydrogen) atoms. The highest BCUT2D eigenvalue weighted by Crippen LogP contribution is 2.40. The first-order valence-electron chi connectivity index (χ1n) is 14.2. The fraction of sp³-hybridized carbons (Fsp3) is 0.467. The molecule has 3 heterocycles. The second-order valence-electron chi connectivity index (χ2n) is 11.3. The highest BCUT2D eigenvalue weighted by atomic mass is 16.2. The van der Waals surface area contributed by atoms with E-state index in [9.17, 15) is 9.59 Å². The lowest BCUT2D eigenvalue weighted by molar-refractivity contribution is -0.134.